The average molecular weight is 326 g/mol. The molecule has 1 aliphatic carbocycles. The number of hydrogen-bond donors (Lipinski definition) is 2. The van der Waals surface area contributed by atoms with Crippen molar-refractivity contribution in [2.45, 2.75) is 25.4 Å². The van der Waals surface area contributed by atoms with Crippen LogP contribution < -0.4 is 16.6 Å². The van der Waals surface area contributed by atoms with Gasteiger partial charge in [0, 0.05) is 18.0 Å². The molecular weight excluding hydrogens is 308 g/mol. The zero-order valence-electron chi connectivity index (χ0n) is 13.1. The van der Waals surface area contributed by atoms with Crippen molar-refractivity contribution in [2.75, 3.05) is 6.54 Å². The van der Waals surface area contributed by atoms with Crippen molar-refractivity contribution in [3.05, 3.63) is 40.9 Å². The van der Waals surface area contributed by atoms with E-state index in [0.29, 0.717) is 23.6 Å². The number of benzene rings is 1. The van der Waals surface area contributed by atoms with E-state index in [4.69, 9.17) is 10.2 Å². The summed E-state index contributed by atoms with van der Waals surface area (Å²) >= 11 is 0. The summed E-state index contributed by atoms with van der Waals surface area (Å²) in [5.74, 6) is 0.257. The van der Waals surface area contributed by atoms with Gasteiger partial charge in [-0.3, -0.25) is 14.2 Å². The summed E-state index contributed by atoms with van der Waals surface area (Å²) in [6, 6.07) is 7.32. The van der Waals surface area contributed by atoms with Gasteiger partial charge in [-0.1, -0.05) is 12.1 Å². The number of rotatable bonds is 5. The van der Waals surface area contributed by atoms with Crippen LogP contribution in [-0.2, 0) is 11.3 Å². The van der Waals surface area contributed by atoms with Crippen molar-refractivity contribution in [1.29, 1.82) is 0 Å². The highest BCUT2D eigenvalue weighted by atomic mass is 16.3. The summed E-state index contributed by atoms with van der Waals surface area (Å²) < 4.78 is 6.85. The highest BCUT2D eigenvalue weighted by molar-refractivity contribution is 6.01. The summed E-state index contributed by atoms with van der Waals surface area (Å²) in [4.78, 5) is 28.8. The Kier molecular flexibility index (Phi) is 3.57. The lowest BCUT2D eigenvalue weighted by atomic mass is 10.2. The molecule has 0 spiro atoms. The normalized spacial score (nSPS) is 15.7. The maximum atomic E-state index is 12.5. The first kappa shape index (κ1) is 14.9. The monoisotopic (exact) mass is 326 g/mol. The molecule has 24 heavy (non-hydrogen) atoms. The maximum Gasteiger partial charge on any atom is 0.297 e. The molecule has 3 N–H and O–H groups in total. The third kappa shape index (κ3) is 2.67. The first-order valence-corrected chi connectivity index (χ1v) is 8.02. The van der Waals surface area contributed by atoms with Gasteiger partial charge < -0.3 is 15.5 Å². The number of carbonyl (C=O) groups is 1. The fourth-order valence-electron chi connectivity index (χ4n) is 2.86. The smallest absolute Gasteiger partial charge is 0.297 e. The number of furan rings is 1. The molecule has 2 heterocycles. The minimum atomic E-state index is -0.363. The van der Waals surface area contributed by atoms with Gasteiger partial charge in [0.2, 0.25) is 11.5 Å². The van der Waals surface area contributed by atoms with Crippen molar-refractivity contribution in [3.63, 3.8) is 0 Å². The predicted octanol–water partition coefficient (Wildman–Crippen LogP) is 0.996. The molecule has 1 atom stereocenters. The van der Waals surface area contributed by atoms with E-state index in [0.717, 1.165) is 18.2 Å². The molecule has 4 rings (SSSR count). The van der Waals surface area contributed by atoms with Crippen LogP contribution >= 0.6 is 0 Å². The van der Waals surface area contributed by atoms with Crippen LogP contribution in [0, 0.1) is 5.92 Å². The van der Waals surface area contributed by atoms with Gasteiger partial charge in [-0.25, -0.2) is 4.98 Å². The second-order valence-electron chi connectivity index (χ2n) is 6.26. The van der Waals surface area contributed by atoms with Gasteiger partial charge in [0.15, 0.2) is 0 Å². The van der Waals surface area contributed by atoms with Gasteiger partial charge in [0.25, 0.3) is 5.56 Å². The van der Waals surface area contributed by atoms with E-state index in [1.54, 1.807) is 6.07 Å². The Hall–Kier alpha value is -2.67. The first-order valence-electron chi connectivity index (χ1n) is 8.02. The Morgan fingerprint density at radius 2 is 2.21 bits per heavy atom. The highest BCUT2D eigenvalue weighted by Gasteiger charge is 2.28. The Bertz CT molecular complexity index is 971. The van der Waals surface area contributed by atoms with Gasteiger partial charge in [0.05, 0.1) is 6.33 Å². The quantitative estimate of drug-likeness (QED) is 0.728. The van der Waals surface area contributed by atoms with E-state index < -0.39 is 0 Å². The van der Waals surface area contributed by atoms with Crippen LogP contribution in [-0.4, -0.2) is 28.0 Å². The first-order chi connectivity index (χ1) is 11.6. The number of nitrogens with one attached hydrogen (secondary N) is 1. The highest BCUT2D eigenvalue weighted by Crippen LogP contribution is 2.31. The van der Waals surface area contributed by atoms with Gasteiger partial charge in [-0.05, 0) is 30.9 Å². The molecule has 0 radical (unpaired) electrons. The lowest BCUT2D eigenvalue weighted by molar-refractivity contribution is -0.121. The van der Waals surface area contributed by atoms with E-state index in [2.05, 4.69) is 10.3 Å². The van der Waals surface area contributed by atoms with E-state index in [1.807, 2.05) is 18.2 Å². The number of aromatic nitrogens is 2. The minimum Gasteiger partial charge on any atom is -0.448 e. The summed E-state index contributed by atoms with van der Waals surface area (Å²) in [6.07, 6.45) is 3.64. The Balaban J connectivity index is 1.55. The maximum absolute atomic E-state index is 12.5. The zero-order chi connectivity index (χ0) is 16.7. The lowest BCUT2D eigenvalue weighted by Gasteiger charge is -2.12. The minimum absolute atomic E-state index is 0.0124. The molecule has 0 aliphatic heterocycles. The van der Waals surface area contributed by atoms with Crippen LogP contribution in [0.4, 0.5) is 0 Å². The summed E-state index contributed by atoms with van der Waals surface area (Å²) in [7, 11) is 0. The number of nitrogens with two attached hydrogens (primary N) is 1. The summed E-state index contributed by atoms with van der Waals surface area (Å²) in [5, 5.41) is 3.56. The van der Waals surface area contributed by atoms with Crippen molar-refractivity contribution < 1.29 is 9.21 Å². The molecule has 1 saturated carbocycles. The fourth-order valence-corrected chi connectivity index (χ4v) is 2.86. The second-order valence-corrected chi connectivity index (χ2v) is 6.26. The molecule has 1 amide bonds. The zero-order valence-corrected chi connectivity index (χ0v) is 13.1. The van der Waals surface area contributed by atoms with Crippen molar-refractivity contribution in [1.82, 2.24) is 14.9 Å². The molecular formula is C17H18N4O3. The summed E-state index contributed by atoms with van der Waals surface area (Å²) in [5.41, 5.74) is 6.88. The molecule has 1 aliphatic rings. The van der Waals surface area contributed by atoms with Crippen molar-refractivity contribution in [3.8, 4) is 0 Å². The van der Waals surface area contributed by atoms with Gasteiger partial charge in [-0.15, -0.1) is 0 Å². The number of hydrogen-bond acceptors (Lipinski definition) is 5. The van der Waals surface area contributed by atoms with E-state index in [-0.39, 0.29) is 29.6 Å². The van der Waals surface area contributed by atoms with Crippen molar-refractivity contribution in [2.24, 2.45) is 11.7 Å². The Morgan fingerprint density at radius 1 is 1.42 bits per heavy atom. The topological polar surface area (TPSA) is 103 Å². The number of nitrogens with zero attached hydrogens (tertiary/aromatic N) is 2. The molecule has 124 valence electrons. The number of amides is 1. The van der Waals surface area contributed by atoms with Crippen LogP contribution in [0.1, 0.15) is 12.8 Å². The largest absolute Gasteiger partial charge is 0.448 e. The molecule has 1 unspecified atom stereocenters. The van der Waals surface area contributed by atoms with Crippen LogP contribution in [0.25, 0.3) is 22.1 Å². The lowest BCUT2D eigenvalue weighted by Crippen LogP contribution is -2.40. The van der Waals surface area contributed by atoms with Gasteiger partial charge in [0.1, 0.15) is 17.6 Å². The van der Waals surface area contributed by atoms with Crippen LogP contribution in [0.15, 0.2) is 39.8 Å². The molecule has 7 heteroatoms. The Morgan fingerprint density at radius 3 is 3.00 bits per heavy atom. The number of carbonyl (C=O) groups excluding carboxylic acids is 1. The van der Waals surface area contributed by atoms with Gasteiger partial charge in [-0.2, -0.15) is 0 Å². The molecule has 7 nitrogen and oxygen atoms in total. The average Bonchev–Trinajstić information content (AvgIpc) is 3.36. The number of para-hydroxylation sites is 1. The third-order valence-electron chi connectivity index (χ3n) is 4.43. The molecule has 0 saturated heterocycles. The molecule has 2 aromatic heterocycles. The summed E-state index contributed by atoms with van der Waals surface area (Å²) in [6.45, 7) is 0.328. The molecule has 1 fully saturated rings. The predicted molar refractivity (Wildman–Crippen MR) is 89.5 cm³/mol. The van der Waals surface area contributed by atoms with E-state index in [1.165, 1.54) is 10.9 Å². The second kappa shape index (κ2) is 5.76. The van der Waals surface area contributed by atoms with Crippen LogP contribution in [0.2, 0.25) is 0 Å². The third-order valence-corrected chi connectivity index (χ3v) is 4.43. The van der Waals surface area contributed by atoms with Gasteiger partial charge >= 0.3 is 0 Å². The fraction of sp³-hybridized carbons (Fsp3) is 0.353. The SMILES string of the molecule is NC(CNC(=O)Cn1cnc2c(oc3ccccc32)c1=O)C1CC1. The molecule has 0 bridgehead atoms. The van der Waals surface area contributed by atoms with Crippen molar-refractivity contribution >= 4 is 28.0 Å². The molecule has 1 aromatic carbocycles. The Labute approximate surface area is 137 Å². The van der Waals surface area contributed by atoms with Crippen LogP contribution in [0.3, 0.4) is 0 Å². The van der Waals surface area contributed by atoms with E-state index >= 15 is 0 Å². The standard InChI is InChI=1S/C17H18N4O3/c18-12(10-5-6-10)7-19-14(22)8-21-9-20-15-11-3-1-2-4-13(11)24-16(15)17(21)23/h1-4,9-10,12H,5-8,18H2,(H,19,22). The number of fused-ring (bicyclic) bond motifs is 3. The van der Waals surface area contributed by atoms with E-state index in [9.17, 15) is 9.59 Å². The van der Waals surface area contributed by atoms with Crippen LogP contribution in [0.5, 0.6) is 0 Å². The molecule has 3 aromatic rings.